The first-order chi connectivity index (χ1) is 63.1. The summed E-state index contributed by atoms with van der Waals surface area (Å²) in [5.74, 6) is -0.453. The van der Waals surface area contributed by atoms with Crippen LogP contribution in [0.1, 0.15) is 126 Å². The van der Waals surface area contributed by atoms with Gasteiger partial charge in [0.25, 0.3) is 0 Å². The van der Waals surface area contributed by atoms with Crippen LogP contribution < -0.4 is 16.4 Å². The maximum absolute atomic E-state index is 15.1. The predicted octanol–water partition coefficient (Wildman–Crippen LogP) is 21.3. The molecule has 8 amide bonds. The first-order valence-corrected chi connectivity index (χ1v) is 49.7. The number of ether oxygens (including phenoxy) is 2. The van der Waals surface area contributed by atoms with Gasteiger partial charge in [-0.2, -0.15) is 0 Å². The number of amides is 8. The standard InChI is InChI=1S/C35H36BrClN4O4S.C33H32BrClN4O4S.C32H32BrClN4O2S/c1-3-45-34(44)39-26-14-16-40(17-15-26)33(43)35(46-27-11-4-22(2)5-12-27)19-31(42)41(21-23-6-8-24(36)9-7-23)32(35)29-20-38-30-18-25(37)10-13-28(29)30;1-20-3-10-25(11-4-20)44-33(31(41)38-14-13-24(19-38)43-32(42)36-2)16-29(40)39(18-21-5-7-22(34)8-6-21)30(33)27-17-37-28-15-23(35)9-12-26(27)28;1-20-2-9-25(10-3-20)41-32(31(40)37-14-12-24(35)13-15-37)17-29(39)38(19-21-4-6-22(33)7-5-21)30(32)27-18-36-28-16-23(34)8-11-26(27)28/h4-13,18,20,26,32,38H,3,14-17,19,21H2,1-2H3,(H,39,44);3-12,15,17,24,30,37H,13-14,16,18-19H2,1-2H3,(H,36,42);2-11,16,18,24,30,36H,12-15,17,19,35H2,1H3/t32-,35-;24-,30+,33+;30-,32-/m010/s1. The highest BCUT2D eigenvalue weighted by Gasteiger charge is 2.63. The minimum Gasteiger partial charge on any atom is -0.450 e. The van der Waals surface area contributed by atoms with Gasteiger partial charge in [0.2, 0.25) is 35.4 Å². The van der Waals surface area contributed by atoms with E-state index in [1.807, 2.05) is 240 Å². The van der Waals surface area contributed by atoms with Crippen LogP contribution >= 0.6 is 118 Å². The van der Waals surface area contributed by atoms with Crippen molar-refractivity contribution < 1.29 is 47.8 Å². The topological polar surface area (TPSA) is 272 Å². The second-order valence-corrected chi connectivity index (χ2v) is 42.5. The molecule has 6 aliphatic heterocycles. The number of carbonyl (C=O) groups is 8. The molecular weight excluding hydrogens is 1970 g/mol. The van der Waals surface area contributed by atoms with Crippen LogP contribution in [0.15, 0.2) is 247 Å². The number of nitrogens with zero attached hydrogens (tertiary/aromatic N) is 6. The van der Waals surface area contributed by atoms with Crippen molar-refractivity contribution in [2.75, 3.05) is 52.9 Å². The summed E-state index contributed by atoms with van der Waals surface area (Å²) < 4.78 is 10.0. The minimum atomic E-state index is -1.20. The number of likely N-dealkylation sites (tertiary alicyclic amines) is 6. The van der Waals surface area contributed by atoms with E-state index in [2.05, 4.69) is 97.6 Å². The van der Waals surface area contributed by atoms with Crippen LogP contribution in [0.5, 0.6) is 0 Å². The van der Waals surface area contributed by atoms with Crippen molar-refractivity contribution in [3.05, 3.63) is 297 Å². The molecule has 0 radical (unpaired) electrons. The van der Waals surface area contributed by atoms with Crippen LogP contribution in [0.4, 0.5) is 9.59 Å². The highest BCUT2D eigenvalue weighted by molar-refractivity contribution is 9.11. The summed E-state index contributed by atoms with van der Waals surface area (Å²) in [6, 6.07) is 63.5. The minimum absolute atomic E-state index is 0.00468. The van der Waals surface area contributed by atoms with Crippen molar-refractivity contribution in [1.82, 2.24) is 55.0 Å². The molecule has 31 heteroatoms. The number of carbonyl (C=O) groups excluding carboxylic acids is 8. The third-order valence-electron chi connectivity index (χ3n) is 25.3. The summed E-state index contributed by atoms with van der Waals surface area (Å²) >= 11 is 34.0. The van der Waals surface area contributed by atoms with Crippen LogP contribution in [-0.2, 0) is 57.9 Å². The number of H-pyrrole nitrogens is 3. The largest absolute Gasteiger partial charge is 0.450 e. The van der Waals surface area contributed by atoms with Gasteiger partial charge in [0.15, 0.2) is 0 Å². The molecule has 0 bridgehead atoms. The molecule has 680 valence electrons. The van der Waals surface area contributed by atoms with Gasteiger partial charge in [-0.3, -0.25) is 28.8 Å². The lowest BCUT2D eigenvalue weighted by molar-refractivity contribution is -0.136. The summed E-state index contributed by atoms with van der Waals surface area (Å²) in [7, 11) is 1.51. The molecule has 9 heterocycles. The summed E-state index contributed by atoms with van der Waals surface area (Å²) in [5, 5.41) is 10.0. The van der Waals surface area contributed by atoms with Gasteiger partial charge in [-0.25, -0.2) is 9.59 Å². The number of benzene rings is 9. The van der Waals surface area contributed by atoms with E-state index >= 15 is 4.79 Å². The van der Waals surface area contributed by atoms with Gasteiger partial charge < -0.3 is 70.2 Å². The molecule has 12 aromatic rings. The Morgan fingerprint density at radius 2 is 0.763 bits per heavy atom. The number of thioether (sulfide) groups is 3. The number of fused-ring (bicyclic) bond motifs is 3. The van der Waals surface area contributed by atoms with E-state index in [9.17, 15) is 33.6 Å². The lowest BCUT2D eigenvalue weighted by Gasteiger charge is -2.41. The number of nitrogens with two attached hydrogens (primary N) is 1. The second kappa shape index (κ2) is 41.0. The van der Waals surface area contributed by atoms with Gasteiger partial charge in [-0.05, 0) is 179 Å². The second-order valence-electron chi connectivity index (χ2n) is 34.3. The van der Waals surface area contributed by atoms with E-state index in [-0.39, 0.29) is 73.3 Å². The van der Waals surface area contributed by atoms with Crippen LogP contribution in [0, 0.1) is 20.8 Å². The first-order valence-electron chi connectivity index (χ1n) is 43.7. The van der Waals surface area contributed by atoms with E-state index in [1.165, 1.54) is 42.3 Å². The third-order valence-corrected chi connectivity index (χ3v) is 31.9. The van der Waals surface area contributed by atoms with Crippen LogP contribution in [0.3, 0.4) is 0 Å². The number of aryl methyl sites for hydroxylation is 3. The molecule has 22 nitrogen and oxygen atoms in total. The van der Waals surface area contributed by atoms with Crippen molar-refractivity contribution in [2.24, 2.45) is 5.73 Å². The number of alkyl carbamates (subject to hydrolysis) is 2. The molecule has 18 rings (SSSR count). The smallest absolute Gasteiger partial charge is 0.407 e. The third kappa shape index (κ3) is 20.8. The van der Waals surface area contributed by atoms with E-state index in [4.69, 9.17) is 50.0 Å². The number of halogens is 6. The van der Waals surface area contributed by atoms with E-state index < -0.39 is 50.7 Å². The Kier molecular flexibility index (Phi) is 29.6. The quantitative estimate of drug-likeness (QED) is 0.0391. The molecule has 0 saturated carbocycles. The molecule has 0 unspecified atom stereocenters. The number of aromatic amines is 3. The molecule has 6 saturated heterocycles. The number of nitrogens with one attached hydrogen (secondary N) is 5. The van der Waals surface area contributed by atoms with E-state index in [0.717, 1.165) is 124 Å². The molecule has 0 spiro atoms. The van der Waals surface area contributed by atoms with E-state index in [1.54, 1.807) is 11.8 Å². The summed E-state index contributed by atoms with van der Waals surface area (Å²) in [6.45, 7) is 12.0. The number of rotatable bonds is 21. The zero-order chi connectivity index (χ0) is 92.2. The number of piperidine rings is 2. The van der Waals surface area contributed by atoms with Crippen LogP contribution in [-0.4, -0.2) is 177 Å². The van der Waals surface area contributed by atoms with Crippen molar-refractivity contribution in [1.29, 1.82) is 0 Å². The van der Waals surface area contributed by atoms with Crippen molar-refractivity contribution >= 4 is 198 Å². The monoisotopic (exact) mass is 2070 g/mol. The van der Waals surface area contributed by atoms with Crippen LogP contribution in [0.2, 0.25) is 15.1 Å². The molecular formula is C100H100Br3Cl3N12O10S3. The predicted molar refractivity (Wildman–Crippen MR) is 529 cm³/mol. The molecule has 7 N–H and O–H groups in total. The molecule has 9 aromatic carbocycles. The van der Waals surface area contributed by atoms with Gasteiger partial charge in [-0.1, -0.05) is 190 Å². The average Bonchev–Trinajstić information content (AvgIpc) is 1.58. The summed E-state index contributed by atoms with van der Waals surface area (Å²) in [5.41, 5.74) is 17.7. The lowest BCUT2D eigenvalue weighted by atomic mass is 9.89. The Bertz CT molecular complexity index is 6220. The average molecular weight is 2070 g/mol. The van der Waals surface area contributed by atoms with Crippen LogP contribution in [0.25, 0.3) is 32.7 Å². The zero-order valence-electron chi connectivity index (χ0n) is 72.8. The Labute approximate surface area is 814 Å². The highest BCUT2D eigenvalue weighted by Crippen LogP contribution is 2.59. The molecule has 3 aromatic heterocycles. The van der Waals surface area contributed by atoms with Gasteiger partial charge in [0.05, 0.1) is 50.5 Å². The van der Waals surface area contributed by atoms with Crippen molar-refractivity contribution in [2.45, 2.75) is 164 Å². The van der Waals surface area contributed by atoms with Gasteiger partial charge in [0.1, 0.15) is 20.3 Å². The molecule has 6 aliphatic rings. The Balaban J connectivity index is 0.000000144. The zero-order valence-corrected chi connectivity index (χ0v) is 82.3. The summed E-state index contributed by atoms with van der Waals surface area (Å²) in [6.07, 6.45) is 7.78. The molecule has 7 atom stereocenters. The Hall–Kier alpha value is -9.72. The maximum Gasteiger partial charge on any atom is 0.407 e. The normalized spacial score (nSPS) is 21.2. The van der Waals surface area contributed by atoms with Gasteiger partial charge >= 0.3 is 12.2 Å². The number of hydrogen-bond donors (Lipinski definition) is 6. The SMILES string of the molecule is CCOC(=O)NC1CCN(C(=O)[C@]2(Sc3ccc(C)cc3)CC(=O)N(Cc3ccc(Br)cc3)[C@H]2c2c[nH]c3cc(Cl)ccc23)CC1.CNC(=O)O[C@@H]1CCN(C(=O)[C@]2(Sc3ccc(C)cc3)CC(=O)N(Cc3ccc(Br)cc3)[C@H]2c2c[nH]c3cc(Cl)ccc23)C1.Cc1ccc(S[C@@]2(C(=O)N3CCC(N)CC3)CC(=O)N(Cc3ccc(Br)cc3)[C@H]2c2c[nH]c3cc(Cl)ccc23)cc1. The lowest BCUT2D eigenvalue weighted by Crippen LogP contribution is -2.54. The number of hydrogen-bond acceptors (Lipinski definition) is 14. The fraction of sp³-hybridized carbons (Fsp3) is 0.320. The first kappa shape index (κ1) is 94.5. The van der Waals surface area contributed by atoms with Crippen molar-refractivity contribution in [3.63, 3.8) is 0 Å². The molecule has 0 aliphatic carbocycles. The fourth-order valence-electron chi connectivity index (χ4n) is 18.8. The van der Waals surface area contributed by atoms with Gasteiger partial charge in [-0.15, -0.1) is 35.3 Å². The van der Waals surface area contributed by atoms with Crippen molar-refractivity contribution in [3.8, 4) is 0 Å². The number of aromatic nitrogens is 3. The maximum atomic E-state index is 15.1. The molecule has 131 heavy (non-hydrogen) atoms. The highest BCUT2D eigenvalue weighted by atomic mass is 79.9. The summed E-state index contributed by atoms with van der Waals surface area (Å²) in [4.78, 5) is 136. The Morgan fingerprint density at radius 1 is 0.443 bits per heavy atom. The Morgan fingerprint density at radius 3 is 1.09 bits per heavy atom. The van der Waals surface area contributed by atoms with E-state index in [0.29, 0.717) is 93.3 Å². The fourth-order valence-corrected chi connectivity index (χ4v) is 24.5. The molecule has 6 fully saturated rings. The van der Waals surface area contributed by atoms with Gasteiger partial charge in [0, 0.05) is 189 Å².